The average Bonchev–Trinajstić information content (AvgIpc) is 3.85. The van der Waals surface area contributed by atoms with Crippen molar-refractivity contribution in [2.75, 3.05) is 18.0 Å². The number of allylic oxidation sites excluding steroid dienone is 4. The number of rotatable bonds is 13. The Morgan fingerprint density at radius 2 is 1.88 bits per heavy atom. The van der Waals surface area contributed by atoms with Crippen LogP contribution in [0, 0.1) is 5.92 Å². The Hall–Kier alpha value is -3.71. The molecule has 1 atom stereocenters. The molecule has 0 bridgehead atoms. The molecule has 1 N–H and O–H groups in total. The van der Waals surface area contributed by atoms with Crippen LogP contribution in [0.5, 0.6) is 0 Å². The van der Waals surface area contributed by atoms with Crippen LogP contribution in [0.2, 0.25) is 5.02 Å². The van der Waals surface area contributed by atoms with Gasteiger partial charge in [-0.1, -0.05) is 61.9 Å². The SMILES string of the molecule is C=CCCN(c1nc(=O)n(-c2c(CC)cccc2CC)c2nc(C3=CCCC=C3C3CC3)c(Cl)cc12)C(C)CNC=O. The fourth-order valence-electron chi connectivity index (χ4n) is 6.02. The second kappa shape index (κ2) is 13.1. The van der Waals surface area contributed by atoms with Crippen molar-refractivity contribution in [2.24, 2.45) is 5.92 Å². The maximum absolute atomic E-state index is 14.2. The van der Waals surface area contributed by atoms with E-state index >= 15 is 0 Å². The van der Waals surface area contributed by atoms with Gasteiger partial charge < -0.3 is 10.2 Å². The number of hydrogen-bond donors (Lipinski definition) is 1. The smallest absolute Gasteiger partial charge is 0.355 e. The minimum Gasteiger partial charge on any atom is -0.357 e. The van der Waals surface area contributed by atoms with E-state index in [2.05, 4.69) is 50.0 Å². The van der Waals surface area contributed by atoms with E-state index in [0.29, 0.717) is 59.4 Å². The molecule has 0 aliphatic heterocycles. The van der Waals surface area contributed by atoms with Crippen molar-refractivity contribution >= 4 is 40.4 Å². The lowest BCUT2D eigenvalue weighted by Gasteiger charge is -2.31. The number of halogens is 1. The third-order valence-electron chi connectivity index (χ3n) is 8.33. The van der Waals surface area contributed by atoms with Crippen LogP contribution < -0.4 is 15.9 Å². The van der Waals surface area contributed by atoms with E-state index in [-0.39, 0.29) is 11.7 Å². The van der Waals surface area contributed by atoms with Gasteiger partial charge in [-0.3, -0.25) is 4.79 Å². The van der Waals surface area contributed by atoms with Crippen molar-refractivity contribution in [3.63, 3.8) is 0 Å². The van der Waals surface area contributed by atoms with Crippen molar-refractivity contribution < 1.29 is 4.79 Å². The van der Waals surface area contributed by atoms with Gasteiger partial charge in [-0.15, -0.1) is 6.58 Å². The second-order valence-electron chi connectivity index (χ2n) is 11.2. The first-order chi connectivity index (χ1) is 20.4. The predicted octanol–water partition coefficient (Wildman–Crippen LogP) is 6.59. The van der Waals surface area contributed by atoms with Gasteiger partial charge in [0, 0.05) is 24.7 Å². The summed E-state index contributed by atoms with van der Waals surface area (Å²) in [6.07, 6.45) is 13.6. The molecule has 2 aliphatic carbocycles. The van der Waals surface area contributed by atoms with E-state index in [9.17, 15) is 9.59 Å². The topological polar surface area (TPSA) is 80.1 Å². The normalized spacial score (nSPS) is 15.6. The number of pyridine rings is 1. The fraction of sp³-hybridized carbons (Fsp3) is 0.412. The Kier molecular flexibility index (Phi) is 9.27. The van der Waals surface area contributed by atoms with E-state index in [4.69, 9.17) is 21.6 Å². The number of fused-ring (bicyclic) bond motifs is 1. The van der Waals surface area contributed by atoms with Crippen LogP contribution in [0.15, 0.2) is 59.4 Å². The van der Waals surface area contributed by atoms with Crippen molar-refractivity contribution in [3.05, 3.63) is 87.0 Å². The van der Waals surface area contributed by atoms with E-state index in [0.717, 1.165) is 48.1 Å². The first-order valence-electron chi connectivity index (χ1n) is 15.1. The number of carbonyl (C=O) groups is 1. The van der Waals surface area contributed by atoms with E-state index in [1.165, 1.54) is 18.4 Å². The molecular weight excluding hydrogens is 546 g/mol. The molecule has 7 nitrogen and oxygen atoms in total. The number of carbonyl (C=O) groups excluding carboxylic acids is 1. The molecule has 8 heteroatoms. The first-order valence-corrected chi connectivity index (χ1v) is 15.5. The average molecular weight is 586 g/mol. The number of nitrogens with one attached hydrogen (secondary N) is 1. The van der Waals surface area contributed by atoms with Crippen molar-refractivity contribution in [1.82, 2.24) is 19.9 Å². The standard InChI is InChI=1S/C34H40ClN5O2/c1-5-8-18-39(22(4)20-36-21-41)32-28-19-29(35)30(27-15-10-9-14-26(27)25-16-17-25)37-33(28)40(34(42)38-32)31-23(6-2)12-11-13-24(31)7-3/h5,11-15,19,21-22,25H,1,6-10,16-18,20H2,2-4H3,(H,36,41). The largest absolute Gasteiger partial charge is 0.357 e. The molecular formula is C34H40ClN5O2. The van der Waals surface area contributed by atoms with Crippen molar-refractivity contribution in [3.8, 4) is 5.69 Å². The van der Waals surface area contributed by atoms with Gasteiger partial charge in [0.15, 0.2) is 5.65 Å². The van der Waals surface area contributed by atoms with E-state index < -0.39 is 0 Å². The number of benzene rings is 1. The molecule has 0 saturated heterocycles. The highest BCUT2D eigenvalue weighted by Gasteiger charge is 2.32. The lowest BCUT2D eigenvalue weighted by molar-refractivity contribution is -0.109. The number of nitrogens with zero attached hydrogens (tertiary/aromatic N) is 4. The number of aromatic nitrogens is 3. The minimum atomic E-state index is -0.386. The molecule has 42 heavy (non-hydrogen) atoms. The Morgan fingerprint density at radius 3 is 2.52 bits per heavy atom. The molecule has 1 amide bonds. The van der Waals surface area contributed by atoms with E-state index in [1.54, 1.807) is 4.57 Å². The van der Waals surface area contributed by atoms with Gasteiger partial charge >= 0.3 is 5.69 Å². The zero-order valence-corrected chi connectivity index (χ0v) is 25.6. The van der Waals surface area contributed by atoms with Crippen LogP contribution in [-0.4, -0.2) is 40.1 Å². The molecule has 2 aromatic heterocycles. The Morgan fingerprint density at radius 1 is 1.17 bits per heavy atom. The highest BCUT2D eigenvalue weighted by atomic mass is 35.5. The summed E-state index contributed by atoms with van der Waals surface area (Å²) >= 11 is 7.09. The zero-order chi connectivity index (χ0) is 29.8. The monoisotopic (exact) mass is 585 g/mol. The summed E-state index contributed by atoms with van der Waals surface area (Å²) in [5.74, 6) is 1.06. The fourth-order valence-corrected chi connectivity index (χ4v) is 6.27. The quantitative estimate of drug-likeness (QED) is 0.181. The van der Waals surface area contributed by atoms with Gasteiger partial charge in [-0.05, 0) is 80.6 Å². The number of amides is 1. The Balaban J connectivity index is 1.83. The van der Waals surface area contributed by atoms with E-state index in [1.807, 2.05) is 30.0 Å². The predicted molar refractivity (Wildman–Crippen MR) is 173 cm³/mol. The second-order valence-corrected chi connectivity index (χ2v) is 11.6. The summed E-state index contributed by atoms with van der Waals surface area (Å²) in [6, 6.07) is 7.97. The number of aryl methyl sites for hydroxylation is 2. The van der Waals surface area contributed by atoms with Gasteiger partial charge in [0.05, 0.1) is 21.8 Å². The molecule has 1 fully saturated rings. The lowest BCUT2D eigenvalue weighted by Crippen LogP contribution is -2.42. The lowest BCUT2D eigenvalue weighted by atomic mass is 9.91. The van der Waals surface area contributed by atoms with Crippen LogP contribution in [0.1, 0.15) is 69.7 Å². The zero-order valence-electron chi connectivity index (χ0n) is 24.8. The molecule has 5 rings (SSSR count). The van der Waals surface area contributed by atoms with Gasteiger partial charge in [0.1, 0.15) is 5.82 Å². The number of hydrogen-bond acceptors (Lipinski definition) is 5. The highest BCUT2D eigenvalue weighted by molar-refractivity contribution is 6.33. The summed E-state index contributed by atoms with van der Waals surface area (Å²) in [5, 5.41) is 4.01. The molecule has 2 heterocycles. The summed E-state index contributed by atoms with van der Waals surface area (Å²) in [4.78, 5) is 37.3. The summed E-state index contributed by atoms with van der Waals surface area (Å²) in [6.45, 7) is 11.1. The minimum absolute atomic E-state index is 0.140. The molecule has 1 saturated carbocycles. The first kappa shape index (κ1) is 29.8. The number of para-hydroxylation sites is 1. The molecule has 2 aliphatic rings. The maximum atomic E-state index is 14.2. The van der Waals surface area contributed by atoms with Crippen molar-refractivity contribution in [1.29, 1.82) is 0 Å². The summed E-state index contributed by atoms with van der Waals surface area (Å²) in [5.41, 5.74) is 6.25. The third-order valence-corrected chi connectivity index (χ3v) is 8.62. The van der Waals surface area contributed by atoms with Crippen LogP contribution >= 0.6 is 11.6 Å². The molecule has 1 unspecified atom stereocenters. The number of anilines is 1. The van der Waals surface area contributed by atoms with Crippen LogP contribution in [0.4, 0.5) is 5.82 Å². The highest BCUT2D eigenvalue weighted by Crippen LogP contribution is 2.46. The molecule has 1 aromatic carbocycles. The van der Waals surface area contributed by atoms with Crippen LogP contribution in [0.3, 0.4) is 0 Å². The molecule has 220 valence electrons. The van der Waals surface area contributed by atoms with Gasteiger partial charge in [0.2, 0.25) is 6.41 Å². The molecule has 0 radical (unpaired) electrons. The van der Waals surface area contributed by atoms with Crippen molar-refractivity contribution in [2.45, 2.75) is 71.8 Å². The Labute approximate surface area is 253 Å². The van der Waals surface area contributed by atoms with Crippen LogP contribution in [-0.2, 0) is 17.6 Å². The molecule has 3 aromatic rings. The third kappa shape index (κ3) is 5.80. The molecule has 0 spiro atoms. The Bertz CT molecular complexity index is 1600. The summed E-state index contributed by atoms with van der Waals surface area (Å²) in [7, 11) is 0. The maximum Gasteiger partial charge on any atom is 0.355 e. The van der Waals surface area contributed by atoms with Crippen LogP contribution in [0.25, 0.3) is 22.3 Å². The van der Waals surface area contributed by atoms with Gasteiger partial charge in [-0.2, -0.15) is 4.98 Å². The van der Waals surface area contributed by atoms with Gasteiger partial charge in [0.25, 0.3) is 0 Å². The van der Waals surface area contributed by atoms with Gasteiger partial charge in [-0.25, -0.2) is 14.3 Å². The summed E-state index contributed by atoms with van der Waals surface area (Å²) < 4.78 is 1.69.